The molecule has 1 aromatic carbocycles. The minimum absolute atomic E-state index is 0.249. The Morgan fingerprint density at radius 3 is 2.56 bits per heavy atom. The molecule has 1 fully saturated rings. The van der Waals surface area contributed by atoms with E-state index in [9.17, 15) is 9.18 Å². The molecule has 1 saturated heterocycles. The van der Waals surface area contributed by atoms with Crippen LogP contribution < -0.4 is 11.1 Å². The van der Waals surface area contributed by atoms with Crippen molar-refractivity contribution in [2.24, 2.45) is 11.1 Å². The van der Waals surface area contributed by atoms with E-state index in [2.05, 4.69) is 10.3 Å². The summed E-state index contributed by atoms with van der Waals surface area (Å²) in [5.41, 5.74) is 6.74. The SMILES string of the molecule is NC(=O)C1(CN[C@@H](c2ccc(F)cc2)c2ccccn2)CCOCC1. The number of nitrogens with one attached hydrogen (secondary N) is 1. The van der Waals surface area contributed by atoms with Crippen LogP contribution in [0.25, 0.3) is 0 Å². The number of carbonyl (C=O) groups excluding carboxylic acids is 1. The number of ether oxygens (including phenoxy) is 1. The van der Waals surface area contributed by atoms with E-state index < -0.39 is 5.41 Å². The van der Waals surface area contributed by atoms with Crippen molar-refractivity contribution < 1.29 is 13.9 Å². The molecule has 5 nitrogen and oxygen atoms in total. The number of amides is 1. The van der Waals surface area contributed by atoms with Crippen LogP contribution in [-0.4, -0.2) is 30.6 Å². The van der Waals surface area contributed by atoms with Crippen molar-refractivity contribution in [2.75, 3.05) is 19.8 Å². The van der Waals surface area contributed by atoms with E-state index in [4.69, 9.17) is 10.5 Å². The van der Waals surface area contributed by atoms with Gasteiger partial charge in [-0.3, -0.25) is 9.78 Å². The molecule has 0 unspecified atom stereocenters. The van der Waals surface area contributed by atoms with Gasteiger partial charge in [0.25, 0.3) is 0 Å². The van der Waals surface area contributed by atoms with Crippen molar-refractivity contribution in [1.82, 2.24) is 10.3 Å². The highest BCUT2D eigenvalue weighted by Crippen LogP contribution is 2.31. The largest absolute Gasteiger partial charge is 0.381 e. The van der Waals surface area contributed by atoms with Gasteiger partial charge < -0.3 is 15.8 Å². The zero-order valence-electron chi connectivity index (χ0n) is 14.0. The number of carbonyl (C=O) groups is 1. The summed E-state index contributed by atoms with van der Waals surface area (Å²) >= 11 is 0. The standard InChI is InChI=1S/C19H22FN3O2/c20-15-6-4-14(5-7-15)17(16-3-1-2-10-22-16)23-13-19(18(21)24)8-11-25-12-9-19/h1-7,10,17,23H,8-9,11-13H2,(H2,21,24)/t17-/m0/s1. The summed E-state index contributed by atoms with van der Waals surface area (Å²) in [6.45, 7) is 1.47. The molecular weight excluding hydrogens is 321 g/mol. The van der Waals surface area contributed by atoms with Crippen LogP contribution in [-0.2, 0) is 9.53 Å². The van der Waals surface area contributed by atoms with Gasteiger partial charge in [0.1, 0.15) is 5.82 Å². The summed E-state index contributed by atoms with van der Waals surface area (Å²) in [5, 5.41) is 3.42. The molecule has 0 saturated carbocycles. The van der Waals surface area contributed by atoms with Gasteiger partial charge >= 0.3 is 0 Å². The predicted molar refractivity (Wildman–Crippen MR) is 92.2 cm³/mol. The third-order valence-corrected chi connectivity index (χ3v) is 4.80. The zero-order chi connectivity index (χ0) is 17.7. The molecule has 1 aliphatic heterocycles. The van der Waals surface area contributed by atoms with Crippen molar-refractivity contribution in [2.45, 2.75) is 18.9 Å². The fourth-order valence-electron chi connectivity index (χ4n) is 3.16. The van der Waals surface area contributed by atoms with Gasteiger partial charge in [0.15, 0.2) is 0 Å². The first-order chi connectivity index (χ1) is 12.1. The summed E-state index contributed by atoms with van der Waals surface area (Å²) in [4.78, 5) is 16.5. The van der Waals surface area contributed by atoms with Gasteiger partial charge in [-0.2, -0.15) is 0 Å². The molecule has 0 aliphatic carbocycles. The first kappa shape index (κ1) is 17.5. The number of pyridine rings is 1. The molecule has 132 valence electrons. The molecule has 1 aliphatic rings. The van der Waals surface area contributed by atoms with Gasteiger partial charge in [-0.15, -0.1) is 0 Å². The fraction of sp³-hybridized carbons (Fsp3) is 0.368. The smallest absolute Gasteiger partial charge is 0.225 e. The maximum atomic E-state index is 13.3. The average molecular weight is 343 g/mol. The second-order valence-electron chi connectivity index (χ2n) is 6.38. The molecule has 3 rings (SSSR count). The Morgan fingerprint density at radius 1 is 1.24 bits per heavy atom. The lowest BCUT2D eigenvalue weighted by molar-refractivity contribution is -0.133. The Bertz CT molecular complexity index is 700. The zero-order valence-corrected chi connectivity index (χ0v) is 14.0. The van der Waals surface area contributed by atoms with Crippen LogP contribution in [0.15, 0.2) is 48.7 Å². The molecule has 3 N–H and O–H groups in total. The van der Waals surface area contributed by atoms with Crippen molar-refractivity contribution in [1.29, 1.82) is 0 Å². The summed E-state index contributed by atoms with van der Waals surface area (Å²) < 4.78 is 18.7. The molecular formula is C19H22FN3O2. The van der Waals surface area contributed by atoms with E-state index in [-0.39, 0.29) is 17.8 Å². The van der Waals surface area contributed by atoms with Crippen LogP contribution in [0.5, 0.6) is 0 Å². The number of nitrogens with zero attached hydrogens (tertiary/aromatic N) is 1. The van der Waals surface area contributed by atoms with E-state index in [1.165, 1.54) is 12.1 Å². The monoisotopic (exact) mass is 343 g/mol. The molecule has 0 spiro atoms. The number of aromatic nitrogens is 1. The van der Waals surface area contributed by atoms with Crippen LogP contribution in [0.3, 0.4) is 0 Å². The summed E-state index contributed by atoms with van der Waals surface area (Å²) in [6.07, 6.45) is 2.90. The molecule has 2 aromatic rings. The Balaban J connectivity index is 1.85. The molecule has 0 bridgehead atoms. The number of hydrogen-bond donors (Lipinski definition) is 2. The average Bonchev–Trinajstić information content (AvgIpc) is 2.65. The number of nitrogens with two attached hydrogens (primary N) is 1. The van der Waals surface area contributed by atoms with E-state index in [1.54, 1.807) is 18.3 Å². The van der Waals surface area contributed by atoms with Gasteiger partial charge in [-0.05, 0) is 42.7 Å². The van der Waals surface area contributed by atoms with Gasteiger partial charge in [0.05, 0.1) is 17.2 Å². The number of rotatable bonds is 6. The van der Waals surface area contributed by atoms with Crippen molar-refractivity contribution in [3.63, 3.8) is 0 Å². The fourth-order valence-corrected chi connectivity index (χ4v) is 3.16. The van der Waals surface area contributed by atoms with E-state index in [1.807, 2.05) is 18.2 Å². The molecule has 0 radical (unpaired) electrons. The van der Waals surface area contributed by atoms with Crippen LogP contribution in [0.4, 0.5) is 4.39 Å². The van der Waals surface area contributed by atoms with E-state index in [0.717, 1.165) is 11.3 Å². The number of benzene rings is 1. The van der Waals surface area contributed by atoms with E-state index >= 15 is 0 Å². The number of hydrogen-bond acceptors (Lipinski definition) is 4. The van der Waals surface area contributed by atoms with Crippen molar-refractivity contribution in [3.8, 4) is 0 Å². The first-order valence-electron chi connectivity index (χ1n) is 8.38. The predicted octanol–water partition coefficient (Wildman–Crippen LogP) is 2.18. The summed E-state index contributed by atoms with van der Waals surface area (Å²) in [6, 6.07) is 11.7. The maximum Gasteiger partial charge on any atom is 0.225 e. The van der Waals surface area contributed by atoms with Gasteiger partial charge in [0, 0.05) is 26.0 Å². The molecule has 6 heteroatoms. The highest BCUT2D eigenvalue weighted by atomic mass is 19.1. The van der Waals surface area contributed by atoms with Gasteiger partial charge in [-0.25, -0.2) is 4.39 Å². The second-order valence-corrected chi connectivity index (χ2v) is 6.38. The third-order valence-electron chi connectivity index (χ3n) is 4.80. The van der Waals surface area contributed by atoms with Crippen LogP contribution >= 0.6 is 0 Å². The summed E-state index contributed by atoms with van der Waals surface area (Å²) in [5.74, 6) is -0.608. The maximum absolute atomic E-state index is 13.3. The lowest BCUT2D eigenvalue weighted by atomic mass is 9.79. The summed E-state index contributed by atoms with van der Waals surface area (Å²) in [7, 11) is 0. The van der Waals surface area contributed by atoms with Gasteiger partial charge in [-0.1, -0.05) is 18.2 Å². The van der Waals surface area contributed by atoms with Crippen LogP contribution in [0.1, 0.15) is 30.1 Å². The Kier molecular flexibility index (Phi) is 5.40. The normalized spacial score (nSPS) is 17.8. The topological polar surface area (TPSA) is 77.2 Å². The quantitative estimate of drug-likeness (QED) is 0.843. The second kappa shape index (κ2) is 7.72. The molecule has 2 heterocycles. The molecule has 1 amide bonds. The minimum Gasteiger partial charge on any atom is -0.381 e. The van der Waals surface area contributed by atoms with Crippen LogP contribution in [0, 0.1) is 11.2 Å². The lowest BCUT2D eigenvalue weighted by Gasteiger charge is -2.35. The Morgan fingerprint density at radius 2 is 1.96 bits per heavy atom. The van der Waals surface area contributed by atoms with Crippen molar-refractivity contribution in [3.05, 3.63) is 65.7 Å². The third kappa shape index (κ3) is 4.03. The Hall–Kier alpha value is -2.31. The number of primary amides is 1. The Labute approximate surface area is 146 Å². The molecule has 1 aromatic heterocycles. The lowest BCUT2D eigenvalue weighted by Crippen LogP contribution is -2.49. The number of halogens is 1. The molecule has 25 heavy (non-hydrogen) atoms. The highest BCUT2D eigenvalue weighted by molar-refractivity contribution is 5.81. The first-order valence-corrected chi connectivity index (χ1v) is 8.38. The molecule has 1 atom stereocenters. The van der Waals surface area contributed by atoms with Crippen molar-refractivity contribution >= 4 is 5.91 Å². The van der Waals surface area contributed by atoms with Crippen LogP contribution in [0.2, 0.25) is 0 Å². The van der Waals surface area contributed by atoms with E-state index in [0.29, 0.717) is 32.6 Å². The highest BCUT2D eigenvalue weighted by Gasteiger charge is 2.39. The van der Waals surface area contributed by atoms with Gasteiger partial charge in [0.2, 0.25) is 5.91 Å². The minimum atomic E-state index is -0.634.